The number of H-pyrrole nitrogens is 1. The summed E-state index contributed by atoms with van der Waals surface area (Å²) in [6, 6.07) is 6.03. The molecule has 3 heterocycles. The van der Waals surface area contributed by atoms with Gasteiger partial charge in [-0.3, -0.25) is 0 Å². The number of aromatic amines is 1. The van der Waals surface area contributed by atoms with Crippen molar-refractivity contribution >= 4 is 39.3 Å². The third-order valence-electron chi connectivity index (χ3n) is 5.24. The maximum atomic E-state index is 12.3. The van der Waals surface area contributed by atoms with E-state index in [1.165, 1.54) is 6.33 Å². The summed E-state index contributed by atoms with van der Waals surface area (Å²) in [5, 5.41) is 12.9. The number of benzene rings is 1. The van der Waals surface area contributed by atoms with Gasteiger partial charge in [0.1, 0.15) is 22.8 Å². The molecule has 1 aliphatic rings. The maximum Gasteiger partial charge on any atom is 0.182 e. The number of hydrogen-bond donors (Lipinski definition) is 4. The van der Waals surface area contributed by atoms with Crippen molar-refractivity contribution in [2.45, 2.75) is 36.6 Å². The molecular formula is C19H25N7O2S. The summed E-state index contributed by atoms with van der Waals surface area (Å²) >= 11 is 0. The lowest BCUT2D eigenvalue weighted by atomic mass is 9.98. The molecule has 0 bridgehead atoms. The molecular weight excluding hydrogens is 390 g/mol. The molecule has 2 unspecified atom stereocenters. The normalized spacial score (nSPS) is 18.1. The van der Waals surface area contributed by atoms with E-state index >= 15 is 0 Å². The van der Waals surface area contributed by atoms with E-state index in [1.54, 1.807) is 13.4 Å². The Morgan fingerprint density at radius 2 is 2.21 bits per heavy atom. The molecule has 0 aliphatic carbocycles. The van der Waals surface area contributed by atoms with Crippen LogP contribution in [0, 0.1) is 0 Å². The Labute approximate surface area is 171 Å². The largest absolute Gasteiger partial charge is 0.396 e. The maximum absolute atomic E-state index is 12.3. The Bertz CT molecular complexity index is 1010. The number of anilines is 3. The number of imidazole rings is 1. The van der Waals surface area contributed by atoms with E-state index in [0.29, 0.717) is 21.9 Å². The first-order valence-corrected chi connectivity index (χ1v) is 10.9. The van der Waals surface area contributed by atoms with E-state index in [0.717, 1.165) is 43.6 Å². The first kappa shape index (κ1) is 19.7. The van der Waals surface area contributed by atoms with Crippen molar-refractivity contribution in [1.29, 1.82) is 0 Å². The highest BCUT2D eigenvalue weighted by molar-refractivity contribution is 7.83. The van der Waals surface area contributed by atoms with Crippen molar-refractivity contribution in [1.82, 2.24) is 24.7 Å². The molecule has 29 heavy (non-hydrogen) atoms. The predicted molar refractivity (Wildman–Crippen MR) is 114 cm³/mol. The average Bonchev–Trinajstić information content (AvgIpc) is 3.24. The number of aliphatic hydroxyl groups is 1. The van der Waals surface area contributed by atoms with Crippen LogP contribution in [0.5, 0.6) is 0 Å². The highest BCUT2D eigenvalue weighted by Gasteiger charge is 2.25. The Balaban J connectivity index is 1.76. The second kappa shape index (κ2) is 8.85. The van der Waals surface area contributed by atoms with E-state index < -0.39 is 11.0 Å². The van der Waals surface area contributed by atoms with Crippen LogP contribution in [0.3, 0.4) is 0 Å². The smallest absolute Gasteiger partial charge is 0.182 e. The van der Waals surface area contributed by atoms with E-state index in [-0.39, 0.29) is 12.6 Å². The molecule has 0 amide bonds. The molecule has 1 aromatic carbocycles. The fraction of sp³-hybridized carbons (Fsp3) is 0.421. The molecule has 1 aliphatic heterocycles. The fourth-order valence-electron chi connectivity index (χ4n) is 3.85. The summed E-state index contributed by atoms with van der Waals surface area (Å²) in [5.74, 6) is 0.608. The molecule has 154 valence electrons. The van der Waals surface area contributed by atoms with Crippen LogP contribution in [-0.2, 0) is 11.0 Å². The summed E-state index contributed by atoms with van der Waals surface area (Å²) in [4.78, 5) is 18.8. The third-order valence-corrected chi connectivity index (χ3v) is 6.30. The fourth-order valence-corrected chi connectivity index (χ4v) is 4.51. The third kappa shape index (κ3) is 4.09. The first-order valence-electron chi connectivity index (χ1n) is 9.73. The van der Waals surface area contributed by atoms with Crippen LogP contribution < -0.4 is 14.9 Å². The van der Waals surface area contributed by atoms with Crippen LogP contribution in [0.2, 0.25) is 0 Å². The molecule has 2 aromatic heterocycles. The van der Waals surface area contributed by atoms with Crippen molar-refractivity contribution in [2.75, 3.05) is 30.4 Å². The number of piperidine rings is 1. The molecule has 9 nitrogen and oxygen atoms in total. The van der Waals surface area contributed by atoms with Gasteiger partial charge >= 0.3 is 0 Å². The van der Waals surface area contributed by atoms with Crippen molar-refractivity contribution in [2.24, 2.45) is 0 Å². The number of aliphatic hydroxyl groups excluding tert-OH is 1. The summed E-state index contributed by atoms with van der Waals surface area (Å²) in [6.45, 7) is 1.07. The van der Waals surface area contributed by atoms with Gasteiger partial charge in [-0.25, -0.2) is 23.9 Å². The molecule has 3 aromatic rings. The lowest BCUT2D eigenvalue weighted by Crippen LogP contribution is -2.40. The Morgan fingerprint density at radius 1 is 1.31 bits per heavy atom. The summed E-state index contributed by atoms with van der Waals surface area (Å²) in [6.07, 6.45) is 7.08. The molecule has 0 radical (unpaired) electrons. The average molecular weight is 416 g/mol. The molecule has 1 saturated heterocycles. The molecule has 4 rings (SSSR count). The van der Waals surface area contributed by atoms with Crippen LogP contribution >= 0.6 is 0 Å². The standard InChI is InChI=1S/C19H25N7O2S/c1-20-29(28)14-5-6-16(26-8-3-2-4-13(26)7-9-27)15(10-14)25-19-17-18(22-11-21-17)23-12-24-19/h5-6,10-13,20,27H,2-4,7-9H2,1H3,(H2,21,22,23,24,25). The van der Waals surface area contributed by atoms with Gasteiger partial charge in [0, 0.05) is 19.2 Å². The van der Waals surface area contributed by atoms with Gasteiger partial charge < -0.3 is 20.3 Å². The van der Waals surface area contributed by atoms with Gasteiger partial charge in [0.2, 0.25) is 0 Å². The SMILES string of the molecule is CNS(=O)c1ccc(N2CCCCC2CCO)c(Nc2ncnc3nc[nH]c23)c1. The van der Waals surface area contributed by atoms with E-state index in [1.807, 2.05) is 18.2 Å². The zero-order valence-corrected chi connectivity index (χ0v) is 17.1. The van der Waals surface area contributed by atoms with E-state index in [4.69, 9.17) is 0 Å². The minimum absolute atomic E-state index is 0.159. The number of nitrogens with one attached hydrogen (secondary N) is 3. The van der Waals surface area contributed by atoms with E-state index in [9.17, 15) is 9.32 Å². The Hall–Kier alpha value is -2.56. The molecule has 4 N–H and O–H groups in total. The molecule has 0 saturated carbocycles. The highest BCUT2D eigenvalue weighted by Crippen LogP contribution is 2.36. The zero-order chi connectivity index (χ0) is 20.2. The van der Waals surface area contributed by atoms with Crippen molar-refractivity contribution < 1.29 is 9.32 Å². The molecule has 10 heteroatoms. The quantitative estimate of drug-likeness (QED) is 0.466. The van der Waals surface area contributed by atoms with Crippen LogP contribution in [0.4, 0.5) is 17.2 Å². The van der Waals surface area contributed by atoms with Crippen molar-refractivity contribution in [3.05, 3.63) is 30.9 Å². The zero-order valence-electron chi connectivity index (χ0n) is 16.3. The summed E-state index contributed by atoms with van der Waals surface area (Å²) < 4.78 is 15.1. The number of nitrogens with zero attached hydrogens (tertiary/aromatic N) is 4. The number of hydrogen-bond acceptors (Lipinski definition) is 7. The monoisotopic (exact) mass is 415 g/mol. The highest BCUT2D eigenvalue weighted by atomic mass is 32.2. The second-order valence-corrected chi connectivity index (χ2v) is 8.37. The van der Waals surface area contributed by atoms with Gasteiger partial charge in [-0.15, -0.1) is 0 Å². The first-order chi connectivity index (χ1) is 14.2. The number of fused-ring (bicyclic) bond motifs is 1. The van der Waals surface area contributed by atoms with Gasteiger partial charge in [-0.1, -0.05) is 0 Å². The Morgan fingerprint density at radius 3 is 3.03 bits per heavy atom. The van der Waals surface area contributed by atoms with Gasteiger partial charge in [0.25, 0.3) is 0 Å². The minimum atomic E-state index is -1.30. The van der Waals surface area contributed by atoms with E-state index in [2.05, 4.69) is 34.9 Å². The van der Waals surface area contributed by atoms with Crippen LogP contribution in [-0.4, -0.2) is 55.5 Å². The summed E-state index contributed by atoms with van der Waals surface area (Å²) in [5.41, 5.74) is 3.11. The van der Waals surface area contributed by atoms with Crippen molar-refractivity contribution in [3.63, 3.8) is 0 Å². The second-order valence-electron chi connectivity index (χ2n) is 6.96. The summed E-state index contributed by atoms with van der Waals surface area (Å²) in [7, 11) is 0.360. The van der Waals surface area contributed by atoms with Crippen LogP contribution in [0.25, 0.3) is 11.2 Å². The Kier molecular flexibility index (Phi) is 6.02. The van der Waals surface area contributed by atoms with Gasteiger partial charge in [0.15, 0.2) is 11.5 Å². The van der Waals surface area contributed by atoms with Gasteiger partial charge in [-0.05, 0) is 50.9 Å². The minimum Gasteiger partial charge on any atom is -0.396 e. The lowest BCUT2D eigenvalue weighted by Gasteiger charge is -2.38. The number of aromatic nitrogens is 4. The lowest BCUT2D eigenvalue weighted by molar-refractivity contribution is 0.262. The number of rotatable bonds is 7. The van der Waals surface area contributed by atoms with Crippen LogP contribution in [0.1, 0.15) is 25.7 Å². The van der Waals surface area contributed by atoms with Gasteiger partial charge in [-0.2, -0.15) is 0 Å². The molecule has 2 atom stereocenters. The van der Waals surface area contributed by atoms with Gasteiger partial charge in [0.05, 0.1) is 22.6 Å². The molecule has 0 spiro atoms. The van der Waals surface area contributed by atoms with Crippen LogP contribution in [0.15, 0.2) is 35.7 Å². The topological polar surface area (TPSA) is 119 Å². The predicted octanol–water partition coefficient (Wildman–Crippen LogP) is 2.08. The molecule has 1 fully saturated rings. The van der Waals surface area contributed by atoms with Crippen molar-refractivity contribution in [3.8, 4) is 0 Å².